The molecule has 0 bridgehead atoms. The second-order valence-corrected chi connectivity index (χ2v) is 4.51. The van der Waals surface area contributed by atoms with Gasteiger partial charge in [-0.1, -0.05) is 12.1 Å². The maximum atomic E-state index is 12.9. The molecule has 4 nitrogen and oxygen atoms in total. The van der Waals surface area contributed by atoms with Gasteiger partial charge in [-0.25, -0.2) is 4.39 Å². The van der Waals surface area contributed by atoms with Gasteiger partial charge in [-0.15, -0.1) is 0 Å². The van der Waals surface area contributed by atoms with Gasteiger partial charge in [-0.3, -0.25) is 9.78 Å². The van der Waals surface area contributed by atoms with Crippen molar-refractivity contribution in [1.82, 2.24) is 4.98 Å². The van der Waals surface area contributed by atoms with Crippen LogP contribution in [0.2, 0.25) is 0 Å². The first-order chi connectivity index (χ1) is 9.56. The van der Waals surface area contributed by atoms with Crippen molar-refractivity contribution in [2.45, 2.75) is 19.4 Å². The van der Waals surface area contributed by atoms with Gasteiger partial charge in [-0.2, -0.15) is 0 Å². The fourth-order valence-electron chi connectivity index (χ4n) is 1.78. The number of nitrogens with zero attached hydrogens (tertiary/aromatic N) is 1. The molecule has 2 rings (SSSR count). The molecular weight excluding hydrogens is 259 g/mol. The van der Waals surface area contributed by atoms with Crippen molar-refractivity contribution >= 4 is 11.7 Å². The van der Waals surface area contributed by atoms with E-state index in [1.807, 2.05) is 6.07 Å². The van der Waals surface area contributed by atoms with Gasteiger partial charge in [0, 0.05) is 17.4 Å². The standard InChI is InChI=1S/C15H15FN2O2/c1-10(12-3-2-4-14(17)6-12)15(19)20-9-11-5-13(16)8-18-7-11/h2-8,10H,9,17H2,1H3. The highest BCUT2D eigenvalue weighted by molar-refractivity contribution is 5.78. The molecule has 20 heavy (non-hydrogen) atoms. The van der Waals surface area contributed by atoms with Crippen LogP contribution < -0.4 is 5.73 Å². The van der Waals surface area contributed by atoms with Gasteiger partial charge < -0.3 is 10.5 Å². The molecule has 1 heterocycles. The molecule has 2 N–H and O–H groups in total. The van der Waals surface area contributed by atoms with Gasteiger partial charge in [0.25, 0.3) is 0 Å². The summed E-state index contributed by atoms with van der Waals surface area (Å²) >= 11 is 0. The Morgan fingerprint density at radius 2 is 2.20 bits per heavy atom. The normalized spacial score (nSPS) is 11.9. The number of esters is 1. The molecule has 1 aromatic carbocycles. The van der Waals surface area contributed by atoms with Crippen molar-refractivity contribution in [2.75, 3.05) is 5.73 Å². The van der Waals surface area contributed by atoms with E-state index < -0.39 is 11.7 Å². The second kappa shape index (κ2) is 6.14. The highest BCUT2D eigenvalue weighted by Gasteiger charge is 2.17. The maximum absolute atomic E-state index is 12.9. The maximum Gasteiger partial charge on any atom is 0.313 e. The third-order valence-electron chi connectivity index (χ3n) is 2.91. The van der Waals surface area contributed by atoms with Crippen LogP contribution >= 0.6 is 0 Å². The van der Waals surface area contributed by atoms with E-state index in [1.165, 1.54) is 12.3 Å². The molecule has 0 fully saturated rings. The lowest BCUT2D eigenvalue weighted by atomic mass is 10.0. The number of nitrogen functional groups attached to an aromatic ring is 1. The molecule has 2 aromatic rings. The van der Waals surface area contributed by atoms with Gasteiger partial charge in [0.05, 0.1) is 12.1 Å². The molecule has 1 atom stereocenters. The largest absolute Gasteiger partial charge is 0.460 e. The number of rotatable bonds is 4. The van der Waals surface area contributed by atoms with E-state index in [1.54, 1.807) is 25.1 Å². The number of ether oxygens (including phenoxy) is 1. The van der Waals surface area contributed by atoms with Crippen molar-refractivity contribution in [3.63, 3.8) is 0 Å². The number of benzene rings is 1. The van der Waals surface area contributed by atoms with Crippen LogP contribution in [-0.4, -0.2) is 11.0 Å². The zero-order valence-electron chi connectivity index (χ0n) is 11.0. The van der Waals surface area contributed by atoms with Crippen molar-refractivity contribution in [1.29, 1.82) is 0 Å². The Hall–Kier alpha value is -2.43. The lowest BCUT2D eigenvalue weighted by Gasteiger charge is -2.12. The molecule has 0 aliphatic heterocycles. The summed E-state index contributed by atoms with van der Waals surface area (Å²) < 4.78 is 18.1. The minimum absolute atomic E-state index is 0.00372. The van der Waals surface area contributed by atoms with Crippen LogP contribution in [0.15, 0.2) is 42.7 Å². The van der Waals surface area contributed by atoms with Crippen LogP contribution in [0.5, 0.6) is 0 Å². The quantitative estimate of drug-likeness (QED) is 0.687. The third-order valence-corrected chi connectivity index (χ3v) is 2.91. The number of carbonyl (C=O) groups is 1. The average molecular weight is 274 g/mol. The molecule has 0 aliphatic carbocycles. The van der Waals surface area contributed by atoms with E-state index in [0.29, 0.717) is 11.3 Å². The summed E-state index contributed by atoms with van der Waals surface area (Å²) in [6.45, 7) is 1.73. The summed E-state index contributed by atoms with van der Waals surface area (Å²) in [5, 5.41) is 0. The van der Waals surface area contributed by atoms with E-state index in [9.17, 15) is 9.18 Å². The van der Waals surface area contributed by atoms with E-state index in [-0.39, 0.29) is 12.6 Å². The fourth-order valence-corrected chi connectivity index (χ4v) is 1.78. The number of aromatic nitrogens is 1. The SMILES string of the molecule is CC(C(=O)OCc1cncc(F)c1)c1cccc(N)c1. The Morgan fingerprint density at radius 1 is 1.40 bits per heavy atom. The van der Waals surface area contributed by atoms with Gasteiger partial charge in [0.15, 0.2) is 0 Å². The zero-order chi connectivity index (χ0) is 14.5. The van der Waals surface area contributed by atoms with Gasteiger partial charge >= 0.3 is 5.97 Å². The van der Waals surface area contributed by atoms with Crippen LogP contribution in [0.3, 0.4) is 0 Å². The molecule has 0 aliphatic rings. The van der Waals surface area contributed by atoms with Crippen LogP contribution in [0.1, 0.15) is 24.0 Å². The molecule has 0 spiro atoms. The topological polar surface area (TPSA) is 65.2 Å². The third kappa shape index (κ3) is 3.54. The molecule has 0 radical (unpaired) electrons. The molecule has 104 valence electrons. The molecule has 0 amide bonds. The number of pyridine rings is 1. The molecule has 5 heteroatoms. The summed E-state index contributed by atoms with van der Waals surface area (Å²) in [4.78, 5) is 15.6. The van der Waals surface area contributed by atoms with E-state index in [4.69, 9.17) is 10.5 Å². The first-order valence-corrected chi connectivity index (χ1v) is 6.18. The van der Waals surface area contributed by atoms with E-state index in [0.717, 1.165) is 11.8 Å². The molecular formula is C15H15FN2O2. The number of hydrogen-bond donors (Lipinski definition) is 1. The van der Waals surface area contributed by atoms with Crippen molar-refractivity contribution in [2.24, 2.45) is 0 Å². The van der Waals surface area contributed by atoms with Gasteiger partial charge in [-0.05, 0) is 30.7 Å². The van der Waals surface area contributed by atoms with Crippen molar-refractivity contribution in [3.05, 3.63) is 59.7 Å². The minimum atomic E-state index is -0.456. The summed E-state index contributed by atoms with van der Waals surface area (Å²) in [5.41, 5.74) is 7.57. The Labute approximate surface area is 116 Å². The van der Waals surface area contributed by atoms with Crippen molar-refractivity contribution in [3.8, 4) is 0 Å². The zero-order valence-corrected chi connectivity index (χ0v) is 11.0. The highest BCUT2D eigenvalue weighted by Crippen LogP contribution is 2.19. The predicted molar refractivity (Wildman–Crippen MR) is 73.3 cm³/mol. The van der Waals surface area contributed by atoms with Gasteiger partial charge in [0.1, 0.15) is 12.4 Å². The Kier molecular flexibility index (Phi) is 4.30. The van der Waals surface area contributed by atoms with Crippen LogP contribution in [0.4, 0.5) is 10.1 Å². The smallest absolute Gasteiger partial charge is 0.313 e. The number of carbonyl (C=O) groups excluding carboxylic acids is 1. The highest BCUT2D eigenvalue weighted by atomic mass is 19.1. The summed E-state index contributed by atoms with van der Waals surface area (Å²) in [7, 11) is 0. The van der Waals surface area contributed by atoms with Crippen LogP contribution in [0, 0.1) is 5.82 Å². The van der Waals surface area contributed by atoms with Crippen LogP contribution in [-0.2, 0) is 16.1 Å². The lowest BCUT2D eigenvalue weighted by molar-refractivity contribution is -0.146. The van der Waals surface area contributed by atoms with Crippen molar-refractivity contribution < 1.29 is 13.9 Å². The second-order valence-electron chi connectivity index (χ2n) is 4.51. The van der Waals surface area contributed by atoms with Crippen LogP contribution in [0.25, 0.3) is 0 Å². The summed E-state index contributed by atoms with van der Waals surface area (Å²) in [6, 6.07) is 8.36. The van der Waals surface area contributed by atoms with E-state index in [2.05, 4.69) is 4.98 Å². The first-order valence-electron chi connectivity index (χ1n) is 6.18. The summed E-state index contributed by atoms with van der Waals surface area (Å²) in [5.74, 6) is -1.28. The van der Waals surface area contributed by atoms with Gasteiger partial charge in [0.2, 0.25) is 0 Å². The number of anilines is 1. The first kappa shape index (κ1) is 14.0. The Morgan fingerprint density at radius 3 is 2.90 bits per heavy atom. The molecule has 0 saturated carbocycles. The lowest BCUT2D eigenvalue weighted by Crippen LogP contribution is -2.13. The minimum Gasteiger partial charge on any atom is -0.460 e. The molecule has 0 saturated heterocycles. The Balaban J connectivity index is 1.98. The summed E-state index contributed by atoms with van der Waals surface area (Å²) in [6.07, 6.45) is 2.56. The predicted octanol–water partition coefficient (Wildman–Crippen LogP) is 2.65. The monoisotopic (exact) mass is 274 g/mol. The molecule has 1 unspecified atom stereocenters. The fraction of sp³-hybridized carbons (Fsp3) is 0.200. The molecule has 1 aromatic heterocycles. The van der Waals surface area contributed by atoms with E-state index >= 15 is 0 Å². The Bertz CT molecular complexity index is 616. The number of nitrogens with two attached hydrogens (primary N) is 1. The number of halogens is 1. The average Bonchev–Trinajstić information content (AvgIpc) is 2.44. The number of hydrogen-bond acceptors (Lipinski definition) is 4.